The molecule has 152 valence electrons. The first-order valence-corrected chi connectivity index (χ1v) is 10.1. The van der Waals surface area contributed by atoms with Gasteiger partial charge in [0, 0.05) is 24.1 Å². The highest BCUT2D eigenvalue weighted by atomic mass is 16.4. The number of nitrogens with zero attached hydrogens (tertiary/aromatic N) is 1. The van der Waals surface area contributed by atoms with Crippen molar-refractivity contribution in [3.8, 4) is 0 Å². The molecule has 3 aromatic rings. The van der Waals surface area contributed by atoms with Gasteiger partial charge in [-0.15, -0.1) is 0 Å². The molecule has 3 heterocycles. The molecule has 1 unspecified atom stereocenters. The average Bonchev–Trinajstić information content (AvgIpc) is 3.12. The highest BCUT2D eigenvalue weighted by molar-refractivity contribution is 6.05. The Labute approximate surface area is 168 Å². The molecule has 7 nitrogen and oxygen atoms in total. The number of fused-ring (bicyclic) bond motifs is 1. The monoisotopic (exact) mass is 394 g/mol. The summed E-state index contributed by atoms with van der Waals surface area (Å²) in [7, 11) is 0. The Morgan fingerprint density at radius 2 is 2.14 bits per heavy atom. The van der Waals surface area contributed by atoms with E-state index in [0.29, 0.717) is 17.0 Å². The number of rotatable bonds is 4. The van der Waals surface area contributed by atoms with Crippen LogP contribution < -0.4 is 16.3 Å². The lowest BCUT2D eigenvalue weighted by molar-refractivity contribution is 0.102. The van der Waals surface area contributed by atoms with E-state index in [4.69, 9.17) is 4.42 Å². The summed E-state index contributed by atoms with van der Waals surface area (Å²) >= 11 is 0. The van der Waals surface area contributed by atoms with Gasteiger partial charge >= 0.3 is 5.63 Å². The lowest BCUT2D eigenvalue weighted by Crippen LogP contribution is -2.30. The molecule has 1 aromatic carbocycles. The summed E-state index contributed by atoms with van der Waals surface area (Å²) in [6, 6.07) is 7.28. The fourth-order valence-corrected chi connectivity index (χ4v) is 3.78. The van der Waals surface area contributed by atoms with E-state index in [-0.39, 0.29) is 17.4 Å². The van der Waals surface area contributed by atoms with Crippen LogP contribution in [0.3, 0.4) is 0 Å². The fraction of sp³-hybridized carbons (Fsp3) is 0.409. The Bertz CT molecular complexity index is 1110. The molecule has 1 fully saturated rings. The van der Waals surface area contributed by atoms with E-state index in [1.54, 1.807) is 13.0 Å². The number of carbonyl (C=O) groups is 1. The van der Waals surface area contributed by atoms with E-state index in [0.717, 1.165) is 42.8 Å². The highest BCUT2D eigenvalue weighted by Crippen LogP contribution is 2.24. The molecule has 0 saturated carbocycles. The maximum absolute atomic E-state index is 12.8. The van der Waals surface area contributed by atoms with Crippen LogP contribution in [0.2, 0.25) is 0 Å². The third-order valence-corrected chi connectivity index (χ3v) is 5.40. The van der Waals surface area contributed by atoms with Crippen LogP contribution in [0.1, 0.15) is 66.0 Å². The third-order valence-electron chi connectivity index (χ3n) is 5.40. The van der Waals surface area contributed by atoms with E-state index in [1.807, 2.05) is 18.2 Å². The number of H-pyrrole nitrogens is 1. The van der Waals surface area contributed by atoms with Gasteiger partial charge in [0.25, 0.3) is 5.91 Å². The Balaban J connectivity index is 1.58. The number of amides is 1. The van der Waals surface area contributed by atoms with Crippen molar-refractivity contribution in [2.24, 2.45) is 0 Å². The normalized spacial score (nSPS) is 17.0. The molecule has 0 aliphatic carbocycles. The summed E-state index contributed by atoms with van der Waals surface area (Å²) in [5, 5.41) is 6.13. The van der Waals surface area contributed by atoms with Crippen LogP contribution in [-0.2, 0) is 0 Å². The maximum Gasteiger partial charge on any atom is 0.349 e. The predicted molar refractivity (Wildman–Crippen MR) is 113 cm³/mol. The zero-order chi connectivity index (χ0) is 20.5. The van der Waals surface area contributed by atoms with E-state index in [2.05, 4.69) is 34.4 Å². The second kappa shape index (κ2) is 7.83. The smallest absolute Gasteiger partial charge is 0.349 e. The van der Waals surface area contributed by atoms with Crippen LogP contribution in [-0.4, -0.2) is 29.0 Å². The Morgan fingerprint density at radius 1 is 1.31 bits per heavy atom. The number of aromatic amines is 1. The number of piperidine rings is 1. The molecule has 1 amide bonds. The van der Waals surface area contributed by atoms with Gasteiger partial charge in [0.1, 0.15) is 17.1 Å². The maximum atomic E-state index is 12.8. The standard InChI is InChI=1S/C22H26N4O3/c1-12(2)20-25-16-7-6-15(10-17(16)26-20)24-21(27)19-13(3)9-18(29-22(19)28)14-5-4-8-23-11-14/h6-7,9-10,12,14,23H,4-5,8,11H2,1-3H3,(H,24,27)(H,25,26). The Kier molecular flexibility index (Phi) is 5.24. The quantitative estimate of drug-likeness (QED) is 0.627. The van der Waals surface area contributed by atoms with Gasteiger partial charge in [0.15, 0.2) is 0 Å². The molecule has 29 heavy (non-hydrogen) atoms. The van der Waals surface area contributed by atoms with Crippen LogP contribution in [0.25, 0.3) is 11.0 Å². The molecule has 1 aliphatic heterocycles. The molecule has 1 aliphatic rings. The number of carbonyl (C=O) groups excluding carboxylic acids is 1. The van der Waals surface area contributed by atoms with E-state index >= 15 is 0 Å². The zero-order valence-corrected chi connectivity index (χ0v) is 17.0. The van der Waals surface area contributed by atoms with Gasteiger partial charge in [-0.25, -0.2) is 9.78 Å². The first-order valence-electron chi connectivity index (χ1n) is 10.1. The van der Waals surface area contributed by atoms with Crippen molar-refractivity contribution in [3.05, 3.63) is 57.4 Å². The molecule has 1 atom stereocenters. The minimum Gasteiger partial charge on any atom is -0.427 e. The summed E-state index contributed by atoms with van der Waals surface area (Å²) in [4.78, 5) is 33.1. The second-order valence-electron chi connectivity index (χ2n) is 8.00. The van der Waals surface area contributed by atoms with Gasteiger partial charge in [-0.3, -0.25) is 4.79 Å². The number of benzene rings is 1. The van der Waals surface area contributed by atoms with Gasteiger partial charge < -0.3 is 20.0 Å². The largest absolute Gasteiger partial charge is 0.427 e. The number of hydrogen-bond donors (Lipinski definition) is 3. The molecule has 0 radical (unpaired) electrons. The van der Waals surface area contributed by atoms with E-state index in [1.165, 1.54) is 0 Å². The van der Waals surface area contributed by atoms with Crippen molar-refractivity contribution >= 4 is 22.6 Å². The highest BCUT2D eigenvalue weighted by Gasteiger charge is 2.22. The fourth-order valence-electron chi connectivity index (χ4n) is 3.78. The molecule has 4 rings (SSSR count). The number of anilines is 1. The topological polar surface area (TPSA) is 100 Å². The molecule has 1 saturated heterocycles. The third kappa shape index (κ3) is 3.96. The minimum absolute atomic E-state index is 0.0464. The number of imidazole rings is 1. The summed E-state index contributed by atoms with van der Waals surface area (Å²) in [5.41, 5.74) is 2.37. The van der Waals surface area contributed by atoms with Gasteiger partial charge in [0.05, 0.1) is 11.0 Å². The van der Waals surface area contributed by atoms with Crippen LogP contribution in [0.4, 0.5) is 5.69 Å². The van der Waals surface area contributed by atoms with Gasteiger partial charge in [-0.05, 0) is 56.1 Å². The van der Waals surface area contributed by atoms with Crippen molar-refractivity contribution in [1.29, 1.82) is 0 Å². The average molecular weight is 394 g/mol. The van der Waals surface area contributed by atoms with Crippen LogP contribution in [0.5, 0.6) is 0 Å². The predicted octanol–water partition coefficient (Wildman–Crippen LogP) is 3.67. The summed E-state index contributed by atoms with van der Waals surface area (Å²) in [5.74, 6) is 1.53. The Hall–Kier alpha value is -2.93. The van der Waals surface area contributed by atoms with Crippen LogP contribution in [0.15, 0.2) is 33.5 Å². The van der Waals surface area contributed by atoms with Gasteiger partial charge in [-0.1, -0.05) is 13.8 Å². The van der Waals surface area contributed by atoms with Crippen LogP contribution >= 0.6 is 0 Å². The van der Waals surface area contributed by atoms with E-state index < -0.39 is 11.5 Å². The summed E-state index contributed by atoms with van der Waals surface area (Å²) in [6.07, 6.45) is 2.02. The van der Waals surface area contributed by atoms with Crippen LogP contribution in [0, 0.1) is 6.92 Å². The molecule has 3 N–H and O–H groups in total. The molecule has 0 bridgehead atoms. The molecule has 7 heteroatoms. The first kappa shape index (κ1) is 19.4. The Morgan fingerprint density at radius 3 is 2.83 bits per heavy atom. The van der Waals surface area contributed by atoms with Crippen molar-refractivity contribution in [1.82, 2.24) is 15.3 Å². The SMILES string of the molecule is Cc1cc(C2CCCNC2)oc(=O)c1C(=O)Nc1ccc2nc(C(C)C)[nH]c2c1. The minimum atomic E-state index is -0.590. The molecule has 2 aromatic heterocycles. The summed E-state index contributed by atoms with van der Waals surface area (Å²) in [6.45, 7) is 7.68. The number of aryl methyl sites for hydroxylation is 1. The zero-order valence-electron chi connectivity index (χ0n) is 17.0. The lowest BCUT2D eigenvalue weighted by Gasteiger charge is -2.22. The number of nitrogens with one attached hydrogen (secondary N) is 3. The number of hydrogen-bond acceptors (Lipinski definition) is 5. The number of aromatic nitrogens is 2. The molecule has 0 spiro atoms. The molecular weight excluding hydrogens is 368 g/mol. The van der Waals surface area contributed by atoms with Crippen molar-refractivity contribution < 1.29 is 9.21 Å². The van der Waals surface area contributed by atoms with Gasteiger partial charge in [0.2, 0.25) is 0 Å². The van der Waals surface area contributed by atoms with Crippen molar-refractivity contribution in [3.63, 3.8) is 0 Å². The second-order valence-corrected chi connectivity index (χ2v) is 8.00. The van der Waals surface area contributed by atoms with Gasteiger partial charge in [-0.2, -0.15) is 0 Å². The molecular formula is C22H26N4O3. The lowest BCUT2D eigenvalue weighted by atomic mass is 9.95. The first-order chi connectivity index (χ1) is 13.9. The van der Waals surface area contributed by atoms with Crippen molar-refractivity contribution in [2.75, 3.05) is 18.4 Å². The van der Waals surface area contributed by atoms with Crippen molar-refractivity contribution in [2.45, 2.75) is 45.4 Å². The van der Waals surface area contributed by atoms with E-state index in [9.17, 15) is 9.59 Å². The summed E-state index contributed by atoms with van der Waals surface area (Å²) < 4.78 is 5.51.